The zero-order valence-corrected chi connectivity index (χ0v) is 11.8. The minimum Gasteiger partial charge on any atom is -0.372 e. The zero-order valence-electron chi connectivity index (χ0n) is 11.8. The number of benzene rings is 1. The third-order valence-electron chi connectivity index (χ3n) is 3.70. The quantitative estimate of drug-likeness (QED) is 0.886. The van der Waals surface area contributed by atoms with Crippen LogP contribution in [0.3, 0.4) is 0 Å². The lowest BCUT2D eigenvalue weighted by Crippen LogP contribution is -2.29. The Balaban J connectivity index is 1.84. The first kappa shape index (κ1) is 13.6. The summed E-state index contributed by atoms with van der Waals surface area (Å²) in [6.45, 7) is 6.45. The first-order valence-corrected chi connectivity index (χ1v) is 6.93. The molecule has 0 amide bonds. The Morgan fingerprint density at radius 1 is 1.44 bits per heavy atom. The fraction of sp³-hybridized carbons (Fsp3) is 0.625. The van der Waals surface area contributed by atoms with Gasteiger partial charge in [-0.2, -0.15) is 0 Å². The minimum absolute atomic E-state index is 0.0493. The lowest BCUT2D eigenvalue weighted by molar-refractivity contribution is -0.0205. The predicted octanol–water partition coefficient (Wildman–Crippen LogP) is 3.21. The van der Waals surface area contributed by atoms with Gasteiger partial charge in [-0.05, 0) is 52.0 Å². The van der Waals surface area contributed by atoms with Gasteiger partial charge in [-0.3, -0.25) is 0 Å². The maximum atomic E-state index is 6.24. The van der Waals surface area contributed by atoms with Gasteiger partial charge in [0.25, 0.3) is 0 Å². The van der Waals surface area contributed by atoms with Gasteiger partial charge in [0.15, 0.2) is 0 Å². The average molecular weight is 247 g/mol. The Morgan fingerprint density at radius 2 is 2.22 bits per heavy atom. The van der Waals surface area contributed by atoms with Crippen molar-refractivity contribution in [1.29, 1.82) is 0 Å². The molecule has 1 heterocycles. The molecule has 2 nitrogen and oxygen atoms in total. The lowest BCUT2D eigenvalue weighted by atomic mass is 9.98. The van der Waals surface area contributed by atoms with Gasteiger partial charge in [0, 0.05) is 6.04 Å². The van der Waals surface area contributed by atoms with E-state index in [1.165, 1.54) is 11.1 Å². The van der Waals surface area contributed by atoms with Crippen LogP contribution in [0.2, 0.25) is 0 Å². The molecule has 0 aliphatic carbocycles. The second-order valence-corrected chi connectivity index (χ2v) is 6.23. The molecule has 0 aromatic heterocycles. The van der Waals surface area contributed by atoms with Gasteiger partial charge in [0.05, 0.1) is 11.7 Å². The van der Waals surface area contributed by atoms with E-state index in [-0.39, 0.29) is 11.6 Å². The summed E-state index contributed by atoms with van der Waals surface area (Å²) >= 11 is 0. The van der Waals surface area contributed by atoms with Crippen LogP contribution in [0.5, 0.6) is 0 Å². The highest BCUT2D eigenvalue weighted by Gasteiger charge is 2.32. The zero-order chi connectivity index (χ0) is 13.2. The van der Waals surface area contributed by atoms with E-state index in [0.29, 0.717) is 6.10 Å². The van der Waals surface area contributed by atoms with Crippen molar-refractivity contribution in [3.05, 3.63) is 35.4 Å². The summed E-state index contributed by atoms with van der Waals surface area (Å²) in [7, 11) is 0. The Morgan fingerprint density at radius 3 is 2.83 bits per heavy atom. The number of hydrogen-bond acceptors (Lipinski definition) is 2. The molecule has 2 heteroatoms. The van der Waals surface area contributed by atoms with Crippen molar-refractivity contribution in [3.8, 4) is 0 Å². The van der Waals surface area contributed by atoms with Gasteiger partial charge in [0.1, 0.15) is 0 Å². The summed E-state index contributed by atoms with van der Waals surface area (Å²) in [5.41, 5.74) is 8.93. The van der Waals surface area contributed by atoms with Crippen LogP contribution in [0.25, 0.3) is 0 Å². The first-order valence-electron chi connectivity index (χ1n) is 6.93. The van der Waals surface area contributed by atoms with Crippen LogP contribution in [0.15, 0.2) is 24.3 Å². The highest BCUT2D eigenvalue weighted by atomic mass is 16.5. The van der Waals surface area contributed by atoms with Gasteiger partial charge < -0.3 is 10.5 Å². The average Bonchev–Trinajstić information content (AvgIpc) is 2.57. The van der Waals surface area contributed by atoms with E-state index in [9.17, 15) is 0 Å². The maximum Gasteiger partial charge on any atom is 0.0631 e. The van der Waals surface area contributed by atoms with Gasteiger partial charge in [0.2, 0.25) is 0 Å². The molecule has 2 N–H and O–H groups in total. The maximum absolute atomic E-state index is 6.24. The van der Waals surface area contributed by atoms with Crippen LogP contribution in [0.4, 0.5) is 0 Å². The van der Waals surface area contributed by atoms with Gasteiger partial charge in [-0.1, -0.05) is 29.8 Å². The molecule has 0 spiro atoms. The van der Waals surface area contributed by atoms with Crippen LogP contribution < -0.4 is 5.73 Å². The highest BCUT2D eigenvalue weighted by Crippen LogP contribution is 2.31. The van der Waals surface area contributed by atoms with E-state index in [0.717, 1.165) is 25.7 Å². The molecule has 1 fully saturated rings. The molecule has 1 aliphatic rings. The number of aryl methyl sites for hydroxylation is 1. The Labute approximate surface area is 111 Å². The van der Waals surface area contributed by atoms with Gasteiger partial charge in [-0.25, -0.2) is 0 Å². The number of ether oxygens (including phenoxy) is 1. The van der Waals surface area contributed by atoms with E-state index in [1.54, 1.807) is 0 Å². The first-order chi connectivity index (χ1) is 8.44. The molecule has 0 radical (unpaired) electrons. The predicted molar refractivity (Wildman–Crippen MR) is 75.7 cm³/mol. The van der Waals surface area contributed by atoms with E-state index < -0.39 is 0 Å². The summed E-state index contributed by atoms with van der Waals surface area (Å²) in [5.74, 6) is 0. The molecule has 0 bridgehead atoms. The second kappa shape index (κ2) is 5.41. The molecule has 2 atom stereocenters. The standard InChI is InChI=1S/C16H25NO/c1-12-5-4-6-13(9-12)10-14(17)11-15-7-8-16(2,3)18-15/h4-6,9,14-15H,7-8,10-11,17H2,1-3H3. The second-order valence-electron chi connectivity index (χ2n) is 6.23. The Kier molecular flexibility index (Phi) is 4.08. The summed E-state index contributed by atoms with van der Waals surface area (Å²) < 4.78 is 6.00. The van der Waals surface area contributed by atoms with Crippen molar-refractivity contribution in [2.75, 3.05) is 0 Å². The van der Waals surface area contributed by atoms with Crippen molar-refractivity contribution in [3.63, 3.8) is 0 Å². The molecule has 2 rings (SSSR count). The molecule has 0 saturated carbocycles. The molecular formula is C16H25NO. The van der Waals surface area contributed by atoms with Crippen molar-refractivity contribution in [1.82, 2.24) is 0 Å². The number of hydrogen-bond donors (Lipinski definition) is 1. The van der Waals surface area contributed by atoms with Crippen LogP contribution in [0, 0.1) is 6.92 Å². The van der Waals surface area contributed by atoms with Crippen molar-refractivity contribution < 1.29 is 4.74 Å². The minimum atomic E-state index is 0.0493. The summed E-state index contributed by atoms with van der Waals surface area (Å²) in [5, 5.41) is 0. The lowest BCUT2D eigenvalue weighted by Gasteiger charge is -2.21. The fourth-order valence-corrected chi connectivity index (χ4v) is 2.81. The van der Waals surface area contributed by atoms with Crippen molar-refractivity contribution in [2.24, 2.45) is 5.73 Å². The molecule has 18 heavy (non-hydrogen) atoms. The van der Waals surface area contributed by atoms with Crippen molar-refractivity contribution >= 4 is 0 Å². The van der Waals surface area contributed by atoms with E-state index in [4.69, 9.17) is 10.5 Å². The summed E-state index contributed by atoms with van der Waals surface area (Å²) in [6.07, 6.45) is 4.56. The molecule has 1 saturated heterocycles. The van der Waals surface area contributed by atoms with E-state index in [1.807, 2.05) is 0 Å². The smallest absolute Gasteiger partial charge is 0.0631 e. The molecule has 1 aliphatic heterocycles. The van der Waals surface area contributed by atoms with Crippen molar-refractivity contribution in [2.45, 2.75) is 64.2 Å². The normalized spacial score (nSPS) is 24.1. The molecule has 100 valence electrons. The van der Waals surface area contributed by atoms with Crippen LogP contribution in [-0.4, -0.2) is 17.7 Å². The van der Waals surface area contributed by atoms with Crippen LogP contribution >= 0.6 is 0 Å². The molecular weight excluding hydrogens is 222 g/mol. The van der Waals surface area contributed by atoms with Gasteiger partial charge in [-0.15, -0.1) is 0 Å². The highest BCUT2D eigenvalue weighted by molar-refractivity contribution is 5.22. The molecule has 1 aromatic carbocycles. The monoisotopic (exact) mass is 247 g/mol. The Hall–Kier alpha value is -0.860. The third-order valence-corrected chi connectivity index (χ3v) is 3.70. The van der Waals surface area contributed by atoms with E-state index in [2.05, 4.69) is 45.0 Å². The SMILES string of the molecule is Cc1cccc(CC(N)CC2CCC(C)(C)O2)c1. The van der Waals surface area contributed by atoms with Gasteiger partial charge >= 0.3 is 0 Å². The fourth-order valence-electron chi connectivity index (χ4n) is 2.81. The van der Waals surface area contributed by atoms with Crippen LogP contribution in [-0.2, 0) is 11.2 Å². The number of rotatable bonds is 4. The molecule has 2 unspecified atom stereocenters. The summed E-state index contributed by atoms with van der Waals surface area (Å²) in [6, 6.07) is 8.81. The van der Waals surface area contributed by atoms with E-state index >= 15 is 0 Å². The van der Waals surface area contributed by atoms with Crippen LogP contribution in [0.1, 0.15) is 44.2 Å². The third kappa shape index (κ3) is 3.82. The Bertz CT molecular complexity index is 400. The topological polar surface area (TPSA) is 35.2 Å². The molecule has 1 aromatic rings. The number of nitrogens with two attached hydrogens (primary N) is 1. The largest absolute Gasteiger partial charge is 0.372 e. The summed E-state index contributed by atoms with van der Waals surface area (Å²) in [4.78, 5) is 0.